The van der Waals surface area contributed by atoms with Gasteiger partial charge in [-0.2, -0.15) is 0 Å². The Morgan fingerprint density at radius 2 is 2.11 bits per heavy atom. The van der Waals surface area contributed by atoms with Gasteiger partial charge >= 0.3 is 5.69 Å². The Labute approximate surface area is 107 Å². The van der Waals surface area contributed by atoms with Crippen molar-refractivity contribution in [2.24, 2.45) is 0 Å². The highest BCUT2D eigenvalue weighted by Crippen LogP contribution is 2.18. The minimum Gasteiger partial charge on any atom is -0.507 e. The van der Waals surface area contributed by atoms with Crippen LogP contribution in [0.3, 0.4) is 0 Å². The van der Waals surface area contributed by atoms with Gasteiger partial charge in [0.05, 0.1) is 5.52 Å². The van der Waals surface area contributed by atoms with Gasteiger partial charge in [0.2, 0.25) is 5.91 Å². The number of likely N-dealkylation sites (N-methyl/N-ethyl adjacent to an activating group) is 1. The third-order valence-electron chi connectivity index (χ3n) is 2.95. The first-order valence-electron chi connectivity index (χ1n) is 5.65. The molecule has 7 heteroatoms. The highest BCUT2D eigenvalue weighted by atomic mass is 16.3. The van der Waals surface area contributed by atoms with Crippen LogP contribution in [0.25, 0.3) is 10.9 Å². The molecule has 100 valence electrons. The van der Waals surface area contributed by atoms with E-state index in [1.165, 1.54) is 32.2 Å². The Bertz CT molecular complexity index is 760. The molecule has 0 unspecified atom stereocenters. The van der Waals surface area contributed by atoms with Gasteiger partial charge in [-0.1, -0.05) is 6.07 Å². The first-order valence-corrected chi connectivity index (χ1v) is 5.65. The quantitative estimate of drug-likeness (QED) is 0.692. The summed E-state index contributed by atoms with van der Waals surface area (Å²) in [5, 5.41) is 12.1. The van der Waals surface area contributed by atoms with E-state index >= 15 is 0 Å². The molecule has 19 heavy (non-hydrogen) atoms. The van der Waals surface area contributed by atoms with Crippen LogP contribution in [-0.2, 0) is 4.79 Å². The number of carbonyl (C=O) groups is 1. The van der Waals surface area contributed by atoms with Crippen LogP contribution in [0.4, 0.5) is 0 Å². The van der Waals surface area contributed by atoms with E-state index < -0.39 is 23.2 Å². The van der Waals surface area contributed by atoms with Crippen LogP contribution in [-0.4, -0.2) is 27.6 Å². The number of carbonyl (C=O) groups excluding carboxylic acids is 1. The lowest BCUT2D eigenvalue weighted by molar-refractivity contribution is -0.123. The summed E-state index contributed by atoms with van der Waals surface area (Å²) in [6.45, 7) is 1.43. The lowest BCUT2D eigenvalue weighted by atomic mass is 10.2. The molecule has 0 fully saturated rings. The van der Waals surface area contributed by atoms with E-state index in [2.05, 4.69) is 10.3 Å². The number of rotatable bonds is 2. The van der Waals surface area contributed by atoms with Crippen molar-refractivity contribution in [1.82, 2.24) is 14.9 Å². The van der Waals surface area contributed by atoms with E-state index in [9.17, 15) is 19.5 Å². The third-order valence-corrected chi connectivity index (χ3v) is 2.95. The summed E-state index contributed by atoms with van der Waals surface area (Å²) in [5.41, 5.74) is -1.16. The number of H-pyrrole nitrogens is 1. The van der Waals surface area contributed by atoms with Crippen LogP contribution in [0.1, 0.15) is 13.0 Å². The fraction of sp³-hybridized carbons (Fsp3) is 0.250. The van der Waals surface area contributed by atoms with E-state index in [1.807, 2.05) is 0 Å². The van der Waals surface area contributed by atoms with Crippen LogP contribution >= 0.6 is 0 Å². The molecule has 0 saturated heterocycles. The van der Waals surface area contributed by atoms with Crippen molar-refractivity contribution in [3.05, 3.63) is 39.0 Å². The van der Waals surface area contributed by atoms with Gasteiger partial charge in [-0.15, -0.1) is 0 Å². The highest BCUT2D eigenvalue weighted by molar-refractivity contribution is 5.84. The number of hydrogen-bond acceptors (Lipinski definition) is 4. The maximum atomic E-state index is 12.2. The first-order chi connectivity index (χ1) is 8.97. The average molecular weight is 263 g/mol. The predicted molar refractivity (Wildman–Crippen MR) is 69.3 cm³/mol. The second-order valence-electron chi connectivity index (χ2n) is 4.10. The summed E-state index contributed by atoms with van der Waals surface area (Å²) in [7, 11) is 1.41. The Kier molecular flexibility index (Phi) is 3.12. The Balaban J connectivity index is 2.84. The molecule has 0 saturated carbocycles. The largest absolute Gasteiger partial charge is 0.507 e. The van der Waals surface area contributed by atoms with Crippen LogP contribution in [0.2, 0.25) is 0 Å². The molecular weight excluding hydrogens is 250 g/mol. The molecule has 0 bridgehead atoms. The zero-order valence-corrected chi connectivity index (χ0v) is 10.4. The van der Waals surface area contributed by atoms with Crippen molar-refractivity contribution in [1.29, 1.82) is 0 Å². The minimum absolute atomic E-state index is 0.0159. The van der Waals surface area contributed by atoms with Crippen molar-refractivity contribution in [3.8, 4) is 5.75 Å². The molecule has 0 radical (unpaired) electrons. The summed E-state index contributed by atoms with van der Waals surface area (Å²) in [6.07, 6.45) is 0. The summed E-state index contributed by atoms with van der Waals surface area (Å²) < 4.78 is 0.779. The van der Waals surface area contributed by atoms with E-state index in [0.717, 1.165) is 4.57 Å². The van der Waals surface area contributed by atoms with Crippen molar-refractivity contribution in [2.75, 3.05) is 7.05 Å². The van der Waals surface area contributed by atoms with E-state index in [4.69, 9.17) is 0 Å². The monoisotopic (exact) mass is 263 g/mol. The zero-order chi connectivity index (χ0) is 14.2. The molecule has 0 aliphatic rings. The second kappa shape index (κ2) is 4.60. The number of aromatic nitrogens is 2. The van der Waals surface area contributed by atoms with Crippen LogP contribution in [0.15, 0.2) is 27.8 Å². The minimum atomic E-state index is -0.967. The van der Waals surface area contributed by atoms with Gasteiger partial charge in [-0.3, -0.25) is 9.59 Å². The molecule has 0 aliphatic heterocycles. The molecule has 7 nitrogen and oxygen atoms in total. The van der Waals surface area contributed by atoms with E-state index in [1.54, 1.807) is 0 Å². The number of hydrogen-bond donors (Lipinski definition) is 3. The number of phenols is 1. The molecule has 1 atom stereocenters. The number of amides is 1. The predicted octanol–water partition coefficient (Wildman–Crippen LogP) is -0.298. The lowest BCUT2D eigenvalue weighted by Crippen LogP contribution is -2.42. The second-order valence-corrected chi connectivity index (χ2v) is 4.10. The number of nitrogens with zero attached hydrogens (tertiary/aromatic N) is 1. The van der Waals surface area contributed by atoms with Gasteiger partial charge in [0, 0.05) is 7.05 Å². The van der Waals surface area contributed by atoms with Gasteiger partial charge in [-0.25, -0.2) is 9.36 Å². The molecule has 1 aromatic carbocycles. The normalized spacial score (nSPS) is 12.3. The summed E-state index contributed by atoms with van der Waals surface area (Å²) >= 11 is 0. The first kappa shape index (κ1) is 12.9. The Morgan fingerprint density at radius 1 is 1.42 bits per heavy atom. The molecule has 1 amide bonds. The van der Waals surface area contributed by atoms with Gasteiger partial charge in [0.25, 0.3) is 5.56 Å². The molecule has 1 aromatic heterocycles. The van der Waals surface area contributed by atoms with Crippen LogP contribution < -0.4 is 16.6 Å². The van der Waals surface area contributed by atoms with Crippen molar-refractivity contribution < 1.29 is 9.90 Å². The molecule has 2 aromatic rings. The number of aromatic amines is 1. The number of nitrogens with one attached hydrogen (secondary N) is 2. The van der Waals surface area contributed by atoms with E-state index in [-0.39, 0.29) is 16.7 Å². The molecule has 2 rings (SSSR count). The van der Waals surface area contributed by atoms with Crippen LogP contribution in [0, 0.1) is 0 Å². The van der Waals surface area contributed by atoms with Crippen molar-refractivity contribution in [2.45, 2.75) is 13.0 Å². The highest BCUT2D eigenvalue weighted by Gasteiger charge is 2.20. The lowest BCUT2D eigenvalue weighted by Gasteiger charge is -2.13. The fourth-order valence-electron chi connectivity index (χ4n) is 1.94. The molecule has 0 spiro atoms. The van der Waals surface area contributed by atoms with Gasteiger partial charge in [0.15, 0.2) is 0 Å². The van der Waals surface area contributed by atoms with Gasteiger partial charge in [0.1, 0.15) is 17.2 Å². The number of fused-ring (bicyclic) bond motifs is 1. The van der Waals surface area contributed by atoms with E-state index in [0.29, 0.717) is 0 Å². The summed E-state index contributed by atoms with van der Waals surface area (Å²) in [5.74, 6) is -0.709. The van der Waals surface area contributed by atoms with Gasteiger partial charge < -0.3 is 15.4 Å². The Hall–Kier alpha value is -2.57. The fourth-order valence-corrected chi connectivity index (χ4v) is 1.94. The zero-order valence-electron chi connectivity index (χ0n) is 10.4. The topological polar surface area (TPSA) is 104 Å². The molecule has 3 N–H and O–H groups in total. The average Bonchev–Trinajstić information content (AvgIpc) is 2.37. The maximum absolute atomic E-state index is 12.2. The number of benzene rings is 1. The standard InChI is InChI=1S/C12H13N3O4/c1-6(10(17)13-2)15-11(18)9-7(14-12(15)19)4-3-5-8(9)16/h3-6,16H,1-2H3,(H,13,17)(H,14,19)/t6-/m1/s1. The third kappa shape index (κ3) is 1.99. The maximum Gasteiger partial charge on any atom is 0.329 e. The summed E-state index contributed by atoms with van der Waals surface area (Å²) in [4.78, 5) is 38.1. The van der Waals surface area contributed by atoms with Crippen LogP contribution in [0.5, 0.6) is 5.75 Å². The Morgan fingerprint density at radius 3 is 2.74 bits per heavy atom. The smallest absolute Gasteiger partial charge is 0.329 e. The SMILES string of the molecule is CNC(=O)[C@@H](C)n1c(=O)[nH]c2cccc(O)c2c1=O. The molecular formula is C12H13N3O4. The molecule has 1 heterocycles. The van der Waals surface area contributed by atoms with Crippen molar-refractivity contribution in [3.63, 3.8) is 0 Å². The molecule has 0 aliphatic carbocycles. The number of phenolic OH excluding ortho intramolecular Hbond substituents is 1. The van der Waals surface area contributed by atoms with Crippen molar-refractivity contribution >= 4 is 16.8 Å². The number of aromatic hydroxyl groups is 1. The summed E-state index contributed by atoms with van der Waals surface area (Å²) in [6, 6.07) is 3.40. The van der Waals surface area contributed by atoms with Gasteiger partial charge in [-0.05, 0) is 19.1 Å².